The Morgan fingerprint density at radius 3 is 2.81 bits per heavy atom. The van der Waals surface area contributed by atoms with Crippen molar-refractivity contribution in [3.63, 3.8) is 0 Å². The number of guanidine groups is 1. The molecule has 124 valence electrons. The largest absolute Gasteiger partial charge is 0.377 e. The van der Waals surface area contributed by atoms with Crippen LogP contribution in [0.1, 0.15) is 33.1 Å². The summed E-state index contributed by atoms with van der Waals surface area (Å²) in [5, 5.41) is 7.04. The molecule has 3 unspecified atom stereocenters. The van der Waals surface area contributed by atoms with Gasteiger partial charge < -0.3 is 15.4 Å². The molecule has 0 spiro atoms. The van der Waals surface area contributed by atoms with Crippen LogP contribution in [0.3, 0.4) is 0 Å². The van der Waals surface area contributed by atoms with Crippen molar-refractivity contribution in [3.8, 4) is 0 Å². The lowest BCUT2D eigenvalue weighted by molar-refractivity contribution is -0.106. The Morgan fingerprint density at radius 1 is 1.38 bits per heavy atom. The average Bonchev–Trinajstić information content (AvgIpc) is 2.88. The standard InChI is InChI=1S/C15H29N3OS.HI/c1-15(2)12(11-7-9-19-13(11)15)18-14(16-3)17-8-5-6-10-20-4;/h11-13H,5-10H2,1-4H3,(H2,16,17,18);1H. The molecule has 1 saturated carbocycles. The molecule has 1 aliphatic carbocycles. The lowest BCUT2D eigenvalue weighted by Crippen LogP contribution is -2.67. The van der Waals surface area contributed by atoms with Crippen molar-refractivity contribution in [2.24, 2.45) is 16.3 Å². The Balaban J connectivity index is 0.00000220. The van der Waals surface area contributed by atoms with Crippen LogP contribution >= 0.6 is 35.7 Å². The number of aliphatic imine (C=N–C) groups is 1. The van der Waals surface area contributed by atoms with Crippen LogP contribution in [-0.2, 0) is 4.74 Å². The second-order valence-corrected chi connectivity index (χ2v) is 7.37. The van der Waals surface area contributed by atoms with Gasteiger partial charge in [-0.05, 0) is 31.3 Å². The summed E-state index contributed by atoms with van der Waals surface area (Å²) in [6, 6.07) is 0.479. The van der Waals surface area contributed by atoms with Gasteiger partial charge in [0.2, 0.25) is 0 Å². The van der Waals surface area contributed by atoms with Crippen molar-refractivity contribution in [1.29, 1.82) is 0 Å². The van der Waals surface area contributed by atoms with Gasteiger partial charge in [-0.3, -0.25) is 4.99 Å². The second-order valence-electron chi connectivity index (χ2n) is 6.39. The van der Waals surface area contributed by atoms with E-state index in [2.05, 4.69) is 35.7 Å². The van der Waals surface area contributed by atoms with Crippen LogP contribution < -0.4 is 10.6 Å². The van der Waals surface area contributed by atoms with E-state index in [1.165, 1.54) is 25.0 Å². The maximum Gasteiger partial charge on any atom is 0.191 e. The first-order valence-electron chi connectivity index (χ1n) is 7.69. The molecule has 3 atom stereocenters. The Bertz CT molecular complexity index is 352. The van der Waals surface area contributed by atoms with Crippen LogP contribution in [-0.4, -0.2) is 50.3 Å². The third kappa shape index (κ3) is 4.41. The maximum absolute atomic E-state index is 5.84. The highest BCUT2D eigenvalue weighted by molar-refractivity contribution is 14.0. The minimum absolute atomic E-state index is 0. The van der Waals surface area contributed by atoms with Crippen molar-refractivity contribution < 1.29 is 4.74 Å². The Hall–Kier alpha value is 0.310. The quantitative estimate of drug-likeness (QED) is 0.296. The van der Waals surface area contributed by atoms with E-state index in [0.29, 0.717) is 18.1 Å². The number of halogens is 1. The van der Waals surface area contributed by atoms with Gasteiger partial charge in [-0.1, -0.05) is 13.8 Å². The van der Waals surface area contributed by atoms with E-state index in [9.17, 15) is 0 Å². The Labute approximate surface area is 150 Å². The fourth-order valence-electron chi connectivity index (χ4n) is 3.54. The van der Waals surface area contributed by atoms with E-state index in [-0.39, 0.29) is 29.4 Å². The fraction of sp³-hybridized carbons (Fsp3) is 0.933. The first-order chi connectivity index (χ1) is 9.61. The molecule has 0 amide bonds. The lowest BCUT2D eigenvalue weighted by atomic mass is 9.57. The van der Waals surface area contributed by atoms with Gasteiger partial charge in [0.1, 0.15) is 0 Å². The van der Waals surface area contributed by atoms with Crippen LogP contribution in [0.4, 0.5) is 0 Å². The molecule has 1 aliphatic heterocycles. The third-order valence-electron chi connectivity index (χ3n) is 4.68. The zero-order valence-electron chi connectivity index (χ0n) is 13.6. The molecule has 2 N–H and O–H groups in total. The molecular formula is C15H30IN3OS. The number of rotatable bonds is 6. The van der Waals surface area contributed by atoms with Gasteiger partial charge in [0, 0.05) is 37.6 Å². The number of ether oxygens (including phenoxy) is 1. The zero-order valence-corrected chi connectivity index (χ0v) is 16.8. The third-order valence-corrected chi connectivity index (χ3v) is 5.38. The van der Waals surface area contributed by atoms with Gasteiger partial charge in [0.25, 0.3) is 0 Å². The van der Waals surface area contributed by atoms with Crippen LogP contribution in [0.2, 0.25) is 0 Å². The highest BCUT2D eigenvalue weighted by Crippen LogP contribution is 2.51. The monoisotopic (exact) mass is 427 g/mol. The van der Waals surface area contributed by atoms with Crippen molar-refractivity contribution in [2.45, 2.75) is 45.3 Å². The molecule has 0 aromatic rings. The minimum Gasteiger partial charge on any atom is -0.377 e. The number of hydrogen-bond acceptors (Lipinski definition) is 3. The van der Waals surface area contributed by atoms with E-state index < -0.39 is 0 Å². The van der Waals surface area contributed by atoms with Gasteiger partial charge in [-0.15, -0.1) is 24.0 Å². The van der Waals surface area contributed by atoms with Crippen LogP contribution in [0, 0.1) is 11.3 Å². The van der Waals surface area contributed by atoms with Gasteiger partial charge >= 0.3 is 0 Å². The van der Waals surface area contributed by atoms with Gasteiger partial charge in [0.15, 0.2) is 5.96 Å². The molecule has 0 radical (unpaired) electrons. The second kappa shape index (κ2) is 8.82. The summed E-state index contributed by atoms with van der Waals surface area (Å²) in [6.07, 6.45) is 6.23. The topological polar surface area (TPSA) is 45.7 Å². The molecular weight excluding hydrogens is 397 g/mol. The van der Waals surface area contributed by atoms with Crippen LogP contribution in [0.5, 0.6) is 0 Å². The number of thioether (sulfide) groups is 1. The van der Waals surface area contributed by atoms with E-state index >= 15 is 0 Å². The van der Waals surface area contributed by atoms with Gasteiger partial charge in [0.05, 0.1) is 6.10 Å². The molecule has 1 heterocycles. The SMILES string of the molecule is CN=C(NCCCCSC)NC1C2CCOC2C1(C)C.I. The molecule has 6 heteroatoms. The summed E-state index contributed by atoms with van der Waals surface area (Å²) >= 11 is 1.91. The number of unbranched alkanes of at least 4 members (excludes halogenated alkanes) is 1. The molecule has 4 nitrogen and oxygen atoms in total. The molecule has 2 rings (SSSR count). The molecule has 21 heavy (non-hydrogen) atoms. The molecule has 2 fully saturated rings. The van der Waals surface area contributed by atoms with Crippen LogP contribution in [0.15, 0.2) is 4.99 Å². The first kappa shape index (κ1) is 19.4. The normalized spacial score (nSPS) is 30.1. The Morgan fingerprint density at radius 2 is 2.14 bits per heavy atom. The summed E-state index contributed by atoms with van der Waals surface area (Å²) in [5.74, 6) is 2.84. The predicted octanol–water partition coefficient (Wildman–Crippen LogP) is 2.73. The molecule has 0 aromatic heterocycles. The van der Waals surface area contributed by atoms with Crippen LogP contribution in [0.25, 0.3) is 0 Å². The number of hydrogen-bond donors (Lipinski definition) is 2. The summed E-state index contributed by atoms with van der Waals surface area (Å²) in [4.78, 5) is 4.36. The summed E-state index contributed by atoms with van der Waals surface area (Å²) in [5.41, 5.74) is 0.206. The zero-order chi connectivity index (χ0) is 14.6. The van der Waals surface area contributed by atoms with Crippen molar-refractivity contribution in [3.05, 3.63) is 0 Å². The average molecular weight is 427 g/mol. The number of fused-ring (bicyclic) bond motifs is 1. The molecule has 2 aliphatic rings. The first-order valence-corrected chi connectivity index (χ1v) is 9.08. The van der Waals surface area contributed by atoms with Gasteiger partial charge in [-0.2, -0.15) is 11.8 Å². The number of nitrogens with one attached hydrogen (secondary N) is 2. The summed E-state index contributed by atoms with van der Waals surface area (Å²) in [6.45, 7) is 6.50. The summed E-state index contributed by atoms with van der Waals surface area (Å²) < 4.78 is 5.84. The van der Waals surface area contributed by atoms with Crippen molar-refractivity contribution in [2.75, 3.05) is 32.2 Å². The predicted molar refractivity (Wildman–Crippen MR) is 103 cm³/mol. The van der Waals surface area contributed by atoms with Crippen molar-refractivity contribution >= 4 is 41.7 Å². The molecule has 0 aromatic carbocycles. The smallest absolute Gasteiger partial charge is 0.191 e. The fourth-order valence-corrected chi connectivity index (χ4v) is 4.03. The molecule has 1 saturated heterocycles. The highest BCUT2D eigenvalue weighted by Gasteiger charge is 2.59. The summed E-state index contributed by atoms with van der Waals surface area (Å²) in [7, 11) is 1.85. The highest BCUT2D eigenvalue weighted by atomic mass is 127. The Kier molecular flexibility index (Phi) is 8.13. The molecule has 0 bridgehead atoms. The van der Waals surface area contributed by atoms with E-state index in [1.807, 2.05) is 18.8 Å². The maximum atomic E-state index is 5.84. The lowest BCUT2D eigenvalue weighted by Gasteiger charge is -2.54. The van der Waals surface area contributed by atoms with E-state index in [4.69, 9.17) is 4.74 Å². The van der Waals surface area contributed by atoms with E-state index in [1.54, 1.807) is 0 Å². The number of nitrogens with zero attached hydrogens (tertiary/aromatic N) is 1. The minimum atomic E-state index is 0. The van der Waals surface area contributed by atoms with E-state index in [0.717, 1.165) is 19.1 Å². The van der Waals surface area contributed by atoms with Crippen molar-refractivity contribution in [1.82, 2.24) is 10.6 Å². The van der Waals surface area contributed by atoms with Gasteiger partial charge in [-0.25, -0.2) is 0 Å².